The lowest BCUT2D eigenvalue weighted by molar-refractivity contribution is 0.0913. The van der Waals surface area contributed by atoms with Gasteiger partial charge in [-0.2, -0.15) is 0 Å². The van der Waals surface area contributed by atoms with Gasteiger partial charge in [-0.25, -0.2) is 0 Å². The first kappa shape index (κ1) is 16.8. The Morgan fingerprint density at radius 2 is 1.62 bits per heavy atom. The van der Waals surface area contributed by atoms with E-state index >= 15 is 0 Å². The topological polar surface area (TPSA) is 24.9 Å². The second kappa shape index (κ2) is 7.69. The summed E-state index contributed by atoms with van der Waals surface area (Å²) in [6, 6.07) is 16.5. The van der Waals surface area contributed by atoms with Gasteiger partial charge >= 0.3 is 0 Å². The summed E-state index contributed by atoms with van der Waals surface area (Å²) >= 11 is 0. The van der Waals surface area contributed by atoms with Crippen molar-refractivity contribution in [3.05, 3.63) is 59.7 Å². The van der Waals surface area contributed by atoms with E-state index in [-0.39, 0.29) is 6.10 Å². The number of rotatable bonds is 6. The Bertz CT molecular complexity index is 655. The molecule has 1 unspecified atom stereocenters. The number of fused-ring (bicyclic) bond motifs is 1. The summed E-state index contributed by atoms with van der Waals surface area (Å²) in [5, 5.41) is 0. The minimum Gasteiger partial charge on any atom is -0.485 e. The van der Waals surface area contributed by atoms with E-state index in [4.69, 9.17) is 9.47 Å². The van der Waals surface area contributed by atoms with Crippen molar-refractivity contribution in [2.75, 3.05) is 40.8 Å². The molecule has 0 spiro atoms. The van der Waals surface area contributed by atoms with Gasteiger partial charge in [0.25, 0.3) is 0 Å². The highest BCUT2D eigenvalue weighted by atomic mass is 16.6. The molecule has 0 amide bonds. The number of likely N-dealkylation sites (N-methyl/N-ethyl adjacent to an activating group) is 2. The minimum atomic E-state index is -0.0413. The van der Waals surface area contributed by atoms with Gasteiger partial charge in [0, 0.05) is 19.6 Å². The quantitative estimate of drug-likeness (QED) is 0.814. The van der Waals surface area contributed by atoms with E-state index < -0.39 is 0 Å². The maximum Gasteiger partial charge on any atom is 0.162 e. The lowest BCUT2D eigenvalue weighted by Crippen LogP contribution is -2.28. The monoisotopic (exact) mass is 326 g/mol. The van der Waals surface area contributed by atoms with Crippen LogP contribution in [0, 0.1) is 0 Å². The van der Waals surface area contributed by atoms with Crippen LogP contribution in [0.15, 0.2) is 48.5 Å². The van der Waals surface area contributed by atoms with Gasteiger partial charge in [-0.05, 0) is 44.4 Å². The zero-order chi connectivity index (χ0) is 16.9. The standard InChI is InChI=1S/C20H26N2O2/c1-21(2)12-13-22(3)14-16-8-10-17(11-9-16)20-15-23-18-6-4-5-7-19(18)24-20/h4-11,20H,12-15H2,1-3H3. The van der Waals surface area contributed by atoms with Gasteiger partial charge in [-0.1, -0.05) is 36.4 Å². The minimum absolute atomic E-state index is 0.0413. The molecule has 1 heterocycles. The van der Waals surface area contributed by atoms with Crippen molar-refractivity contribution >= 4 is 0 Å². The Kier molecular flexibility index (Phi) is 5.38. The van der Waals surface area contributed by atoms with Crippen LogP contribution in [-0.2, 0) is 6.54 Å². The van der Waals surface area contributed by atoms with E-state index in [1.165, 1.54) is 5.56 Å². The van der Waals surface area contributed by atoms with Gasteiger partial charge in [0.1, 0.15) is 6.61 Å². The van der Waals surface area contributed by atoms with Crippen molar-refractivity contribution in [3.63, 3.8) is 0 Å². The van der Waals surface area contributed by atoms with Gasteiger partial charge in [0.05, 0.1) is 0 Å². The zero-order valence-electron chi connectivity index (χ0n) is 14.7. The van der Waals surface area contributed by atoms with E-state index in [0.717, 1.165) is 36.7 Å². The van der Waals surface area contributed by atoms with Crippen molar-refractivity contribution in [3.8, 4) is 11.5 Å². The Balaban J connectivity index is 1.59. The van der Waals surface area contributed by atoms with Crippen LogP contribution >= 0.6 is 0 Å². The molecule has 3 rings (SSSR count). The van der Waals surface area contributed by atoms with Crippen LogP contribution in [0.4, 0.5) is 0 Å². The molecule has 0 aromatic heterocycles. The summed E-state index contributed by atoms with van der Waals surface area (Å²) in [6.45, 7) is 3.64. The lowest BCUT2D eigenvalue weighted by atomic mass is 10.1. The second-order valence-electron chi connectivity index (χ2n) is 6.65. The van der Waals surface area contributed by atoms with Crippen molar-refractivity contribution in [2.45, 2.75) is 12.6 Å². The highest BCUT2D eigenvalue weighted by Crippen LogP contribution is 2.35. The largest absolute Gasteiger partial charge is 0.485 e. The van der Waals surface area contributed by atoms with Crippen LogP contribution in [0.3, 0.4) is 0 Å². The molecular formula is C20H26N2O2. The lowest BCUT2D eigenvalue weighted by Gasteiger charge is -2.27. The van der Waals surface area contributed by atoms with E-state index in [2.05, 4.69) is 55.2 Å². The summed E-state index contributed by atoms with van der Waals surface area (Å²) in [5.41, 5.74) is 2.47. The van der Waals surface area contributed by atoms with E-state index in [0.29, 0.717) is 6.61 Å². The first-order valence-electron chi connectivity index (χ1n) is 8.42. The van der Waals surface area contributed by atoms with Gasteiger partial charge in [0.15, 0.2) is 17.6 Å². The summed E-state index contributed by atoms with van der Waals surface area (Å²) in [7, 11) is 6.37. The molecule has 4 nitrogen and oxygen atoms in total. The third-order valence-corrected chi connectivity index (χ3v) is 4.24. The average molecular weight is 326 g/mol. The predicted octanol–water partition coefficient (Wildman–Crippen LogP) is 3.19. The third kappa shape index (κ3) is 4.28. The zero-order valence-corrected chi connectivity index (χ0v) is 14.7. The van der Waals surface area contributed by atoms with Crippen LogP contribution in [0.25, 0.3) is 0 Å². The van der Waals surface area contributed by atoms with E-state index in [9.17, 15) is 0 Å². The molecule has 1 aliphatic rings. The molecule has 0 radical (unpaired) electrons. The van der Waals surface area contributed by atoms with Crippen molar-refractivity contribution in [1.82, 2.24) is 9.80 Å². The summed E-state index contributed by atoms with van der Waals surface area (Å²) < 4.78 is 11.9. The van der Waals surface area contributed by atoms with Crippen molar-refractivity contribution < 1.29 is 9.47 Å². The fourth-order valence-electron chi connectivity index (χ4n) is 2.78. The SMILES string of the molecule is CN(C)CCN(C)Cc1ccc(C2COc3ccccc3O2)cc1. The molecule has 0 saturated carbocycles. The van der Waals surface area contributed by atoms with E-state index in [1.54, 1.807) is 0 Å². The molecule has 4 heteroatoms. The fraction of sp³-hybridized carbons (Fsp3) is 0.400. The molecule has 2 aromatic rings. The first-order valence-corrected chi connectivity index (χ1v) is 8.42. The van der Waals surface area contributed by atoms with Crippen molar-refractivity contribution in [1.29, 1.82) is 0 Å². The maximum absolute atomic E-state index is 6.06. The highest BCUT2D eigenvalue weighted by molar-refractivity contribution is 5.41. The second-order valence-corrected chi connectivity index (χ2v) is 6.65. The van der Waals surface area contributed by atoms with Gasteiger partial charge in [-0.15, -0.1) is 0 Å². The molecule has 0 saturated heterocycles. The van der Waals surface area contributed by atoms with Crippen LogP contribution in [-0.4, -0.2) is 50.6 Å². The molecule has 128 valence electrons. The van der Waals surface area contributed by atoms with Gasteiger partial charge in [0.2, 0.25) is 0 Å². The van der Waals surface area contributed by atoms with Crippen LogP contribution in [0.2, 0.25) is 0 Å². The molecule has 24 heavy (non-hydrogen) atoms. The van der Waals surface area contributed by atoms with E-state index in [1.807, 2.05) is 24.3 Å². The third-order valence-electron chi connectivity index (χ3n) is 4.24. The fourth-order valence-corrected chi connectivity index (χ4v) is 2.78. The molecular weight excluding hydrogens is 300 g/mol. The molecule has 2 aromatic carbocycles. The Morgan fingerprint density at radius 3 is 2.33 bits per heavy atom. The van der Waals surface area contributed by atoms with Crippen LogP contribution in [0.1, 0.15) is 17.2 Å². The Hall–Kier alpha value is -2.04. The molecule has 1 atom stereocenters. The first-order chi connectivity index (χ1) is 11.6. The average Bonchev–Trinajstić information content (AvgIpc) is 2.60. The smallest absolute Gasteiger partial charge is 0.162 e. The molecule has 0 aliphatic carbocycles. The summed E-state index contributed by atoms with van der Waals surface area (Å²) in [5.74, 6) is 1.65. The molecule has 0 N–H and O–H groups in total. The number of hydrogen-bond donors (Lipinski definition) is 0. The number of benzene rings is 2. The van der Waals surface area contributed by atoms with Gasteiger partial charge in [-0.3, -0.25) is 0 Å². The van der Waals surface area contributed by atoms with Crippen LogP contribution < -0.4 is 9.47 Å². The number of nitrogens with zero attached hydrogens (tertiary/aromatic N) is 2. The van der Waals surface area contributed by atoms with Gasteiger partial charge < -0.3 is 19.3 Å². The number of hydrogen-bond acceptors (Lipinski definition) is 4. The predicted molar refractivity (Wildman–Crippen MR) is 96.6 cm³/mol. The Morgan fingerprint density at radius 1 is 0.917 bits per heavy atom. The van der Waals surface area contributed by atoms with Crippen molar-refractivity contribution in [2.24, 2.45) is 0 Å². The molecule has 0 fully saturated rings. The maximum atomic E-state index is 6.06. The van der Waals surface area contributed by atoms with Crippen LogP contribution in [0.5, 0.6) is 11.5 Å². The highest BCUT2D eigenvalue weighted by Gasteiger charge is 2.22. The molecule has 0 bridgehead atoms. The summed E-state index contributed by atoms with van der Waals surface area (Å²) in [6.07, 6.45) is -0.0413. The molecule has 1 aliphatic heterocycles. The summed E-state index contributed by atoms with van der Waals surface area (Å²) in [4.78, 5) is 4.54. The number of ether oxygens (including phenoxy) is 2. The normalized spacial score (nSPS) is 16.6. The number of para-hydroxylation sites is 2. The Labute approximate surface area is 144 Å².